The number of aromatic nitrogens is 2. The molecule has 0 aliphatic carbocycles. The van der Waals surface area contributed by atoms with Crippen LogP contribution in [0.2, 0.25) is 0 Å². The van der Waals surface area contributed by atoms with E-state index in [1.54, 1.807) is 12.1 Å². The van der Waals surface area contributed by atoms with Crippen molar-refractivity contribution in [3.05, 3.63) is 94.7 Å². The number of halogens is 2. The number of allylic oxidation sites excluding steroid dienone is 2. The number of urea groups is 1. The summed E-state index contributed by atoms with van der Waals surface area (Å²) in [5.74, 6) is -1.96. The zero-order valence-electron chi connectivity index (χ0n) is 23.6. The van der Waals surface area contributed by atoms with E-state index in [-0.39, 0.29) is 24.3 Å². The minimum absolute atomic E-state index is 0.0202. The maximum Gasteiger partial charge on any atom is 0.328 e. The first kappa shape index (κ1) is 28.9. The quantitative estimate of drug-likeness (QED) is 0.342. The van der Waals surface area contributed by atoms with Crippen LogP contribution < -0.4 is 26.2 Å². The Morgan fingerprint density at radius 1 is 1.14 bits per heavy atom. The van der Waals surface area contributed by atoms with Crippen LogP contribution in [-0.4, -0.2) is 41.0 Å². The van der Waals surface area contributed by atoms with E-state index in [1.807, 2.05) is 48.2 Å². The van der Waals surface area contributed by atoms with Crippen molar-refractivity contribution in [3.8, 4) is 11.3 Å². The molecule has 9 nitrogen and oxygen atoms in total. The molecule has 2 aliphatic rings. The molecule has 2 aromatic carbocycles. The molecular formula is C31H33F2N7O2. The van der Waals surface area contributed by atoms with Crippen molar-refractivity contribution in [3.63, 3.8) is 0 Å². The van der Waals surface area contributed by atoms with Crippen LogP contribution in [0.15, 0.2) is 72.5 Å². The molecule has 0 atom stereocenters. The van der Waals surface area contributed by atoms with E-state index >= 15 is 0 Å². The number of fused-ring (bicyclic) bond motifs is 1. The second-order valence-corrected chi connectivity index (χ2v) is 10.5. The van der Waals surface area contributed by atoms with Gasteiger partial charge in [0.15, 0.2) is 5.82 Å². The number of nitrogens with one attached hydrogen (secondary N) is 2. The summed E-state index contributed by atoms with van der Waals surface area (Å²) in [7, 11) is 0. The number of carbonyl (C=O) groups is 2. The summed E-state index contributed by atoms with van der Waals surface area (Å²) in [6.07, 6.45) is 1.43. The lowest BCUT2D eigenvalue weighted by molar-refractivity contribution is 0.0951. The van der Waals surface area contributed by atoms with E-state index in [1.165, 1.54) is 0 Å². The van der Waals surface area contributed by atoms with Crippen molar-refractivity contribution in [2.75, 3.05) is 22.9 Å². The van der Waals surface area contributed by atoms with Crippen LogP contribution in [0.5, 0.6) is 0 Å². The largest absolute Gasteiger partial charge is 0.348 e. The fourth-order valence-electron chi connectivity index (χ4n) is 5.18. The fourth-order valence-corrected chi connectivity index (χ4v) is 5.18. The van der Waals surface area contributed by atoms with Gasteiger partial charge in [0.1, 0.15) is 17.4 Å². The highest BCUT2D eigenvalue weighted by molar-refractivity contribution is 6.00. The minimum atomic E-state index is -1.11. The van der Waals surface area contributed by atoms with Crippen LogP contribution in [-0.2, 0) is 13.1 Å². The average molecular weight is 574 g/mol. The number of piperidine rings is 1. The third-order valence-electron chi connectivity index (χ3n) is 7.48. The van der Waals surface area contributed by atoms with Gasteiger partial charge in [0.25, 0.3) is 5.91 Å². The zero-order chi connectivity index (χ0) is 30.0. The number of hydrogen-bond donors (Lipinski definition) is 3. The van der Waals surface area contributed by atoms with Gasteiger partial charge in [-0.1, -0.05) is 43.0 Å². The van der Waals surface area contributed by atoms with E-state index < -0.39 is 23.4 Å². The molecule has 0 radical (unpaired) electrons. The van der Waals surface area contributed by atoms with Crippen molar-refractivity contribution in [2.45, 2.75) is 45.8 Å². The highest BCUT2D eigenvalue weighted by atomic mass is 19.1. The van der Waals surface area contributed by atoms with Gasteiger partial charge in [0, 0.05) is 42.4 Å². The molecule has 5 rings (SSSR count). The topological polar surface area (TPSA) is 116 Å². The number of amides is 3. The summed E-state index contributed by atoms with van der Waals surface area (Å²) in [5, 5.41) is 5.62. The molecule has 0 unspecified atom stereocenters. The van der Waals surface area contributed by atoms with Crippen LogP contribution in [0.3, 0.4) is 0 Å². The predicted octanol–water partition coefficient (Wildman–Crippen LogP) is 5.02. The number of benzene rings is 2. The van der Waals surface area contributed by atoms with E-state index in [4.69, 9.17) is 10.7 Å². The standard InChI is InChI=1S/C31H33F2N7O2/c1-18-9-10-22(29(41)35-16-21-7-5-4-6-8-21)15-24(18)26-25-17-36-31(42)40(27(19(2)32)20(3)33)28(25)38-30(37-26)39-13-11-23(34)12-14-39/h4-10,15,23H,2,11-14,16-17,34H2,1,3H3,(H,35,41)(H,36,42)/b27-20-. The predicted molar refractivity (Wildman–Crippen MR) is 158 cm³/mol. The molecule has 1 aromatic heterocycles. The highest BCUT2D eigenvalue weighted by Gasteiger charge is 2.35. The first-order valence-corrected chi connectivity index (χ1v) is 13.8. The normalized spacial score (nSPS) is 16.0. The fraction of sp³-hybridized carbons (Fsp3) is 0.290. The molecule has 0 saturated carbocycles. The number of rotatable bonds is 7. The van der Waals surface area contributed by atoms with Gasteiger partial charge in [-0.3, -0.25) is 4.79 Å². The summed E-state index contributed by atoms with van der Waals surface area (Å²) >= 11 is 0. The minimum Gasteiger partial charge on any atom is -0.348 e. The Labute approximate surface area is 243 Å². The number of hydrogen-bond acceptors (Lipinski definition) is 6. The molecule has 3 aromatic rings. The first-order chi connectivity index (χ1) is 20.1. The number of nitrogens with two attached hydrogens (primary N) is 1. The van der Waals surface area contributed by atoms with Gasteiger partial charge in [-0.2, -0.15) is 4.98 Å². The van der Waals surface area contributed by atoms with Gasteiger partial charge in [-0.25, -0.2) is 23.5 Å². The maximum atomic E-state index is 14.6. The number of anilines is 2. The second kappa shape index (κ2) is 12.1. The molecule has 42 heavy (non-hydrogen) atoms. The monoisotopic (exact) mass is 573 g/mol. The van der Waals surface area contributed by atoms with Gasteiger partial charge in [-0.15, -0.1) is 0 Å². The lowest BCUT2D eigenvalue weighted by Gasteiger charge is -2.34. The molecule has 0 bridgehead atoms. The average Bonchev–Trinajstić information content (AvgIpc) is 2.97. The Bertz CT molecular complexity index is 1560. The van der Waals surface area contributed by atoms with Gasteiger partial charge >= 0.3 is 6.03 Å². The third-order valence-corrected chi connectivity index (χ3v) is 7.48. The van der Waals surface area contributed by atoms with Crippen LogP contribution in [0.25, 0.3) is 11.3 Å². The second-order valence-electron chi connectivity index (χ2n) is 10.5. The molecular weight excluding hydrogens is 540 g/mol. The van der Waals surface area contributed by atoms with E-state index in [0.29, 0.717) is 60.8 Å². The molecule has 1 saturated heterocycles. The van der Waals surface area contributed by atoms with E-state index in [2.05, 4.69) is 22.2 Å². The van der Waals surface area contributed by atoms with Crippen LogP contribution in [0.4, 0.5) is 25.3 Å². The van der Waals surface area contributed by atoms with E-state index in [0.717, 1.165) is 23.0 Å². The lowest BCUT2D eigenvalue weighted by Crippen LogP contribution is -2.46. The van der Waals surface area contributed by atoms with Crippen LogP contribution >= 0.6 is 0 Å². The Morgan fingerprint density at radius 2 is 1.86 bits per heavy atom. The highest BCUT2D eigenvalue weighted by Crippen LogP contribution is 2.38. The SMILES string of the molecule is C=C(F)/C(=C(\C)F)N1C(=O)NCc2c(-c3cc(C(=O)NCc4ccccc4)ccc3C)nc(N3CCC(N)CC3)nc21. The molecule has 1 fully saturated rings. The Balaban J connectivity index is 1.62. The van der Waals surface area contributed by atoms with Crippen LogP contribution in [0.1, 0.15) is 46.8 Å². The van der Waals surface area contributed by atoms with Gasteiger partial charge in [0.05, 0.1) is 12.2 Å². The number of nitrogens with zero attached hydrogens (tertiary/aromatic N) is 4. The number of carbonyl (C=O) groups excluding carboxylic acids is 2. The summed E-state index contributed by atoms with van der Waals surface area (Å²) < 4.78 is 29.2. The Kier molecular flexibility index (Phi) is 8.30. The summed E-state index contributed by atoms with van der Waals surface area (Å²) in [6.45, 7) is 7.72. The maximum absolute atomic E-state index is 14.6. The van der Waals surface area contributed by atoms with Gasteiger partial charge in [-0.05, 0) is 49.9 Å². The Morgan fingerprint density at radius 3 is 2.52 bits per heavy atom. The van der Waals surface area contributed by atoms with Crippen molar-refractivity contribution in [1.29, 1.82) is 0 Å². The van der Waals surface area contributed by atoms with E-state index in [9.17, 15) is 18.4 Å². The lowest BCUT2D eigenvalue weighted by atomic mass is 9.97. The summed E-state index contributed by atoms with van der Waals surface area (Å²) in [4.78, 5) is 38.6. The zero-order valence-corrected chi connectivity index (χ0v) is 23.6. The first-order valence-electron chi connectivity index (χ1n) is 13.8. The molecule has 2 aliphatic heterocycles. The van der Waals surface area contributed by atoms with Gasteiger partial charge < -0.3 is 21.3 Å². The molecule has 3 amide bonds. The molecule has 0 spiro atoms. The summed E-state index contributed by atoms with van der Waals surface area (Å²) in [5.41, 5.74) is 9.23. The van der Waals surface area contributed by atoms with Gasteiger partial charge in [0.2, 0.25) is 5.95 Å². The Hall–Kier alpha value is -4.64. The third kappa shape index (κ3) is 5.87. The van der Waals surface area contributed by atoms with Crippen molar-refractivity contribution < 1.29 is 18.4 Å². The molecule has 11 heteroatoms. The summed E-state index contributed by atoms with van der Waals surface area (Å²) in [6, 6.07) is 14.2. The number of aryl methyl sites for hydroxylation is 1. The van der Waals surface area contributed by atoms with Crippen molar-refractivity contribution in [1.82, 2.24) is 20.6 Å². The molecule has 3 heterocycles. The smallest absolute Gasteiger partial charge is 0.328 e. The molecule has 218 valence electrons. The van der Waals surface area contributed by atoms with Crippen LogP contribution in [0, 0.1) is 6.92 Å². The molecule has 4 N–H and O–H groups in total. The van der Waals surface area contributed by atoms with Crippen molar-refractivity contribution >= 4 is 23.7 Å². The van der Waals surface area contributed by atoms with Crippen molar-refractivity contribution in [2.24, 2.45) is 5.73 Å².